The summed E-state index contributed by atoms with van der Waals surface area (Å²) in [6, 6.07) is 3.69. The van der Waals surface area contributed by atoms with Gasteiger partial charge in [-0.05, 0) is 25.1 Å². The van der Waals surface area contributed by atoms with E-state index in [1.165, 1.54) is 0 Å². The molecule has 98 valence electrons. The average molecular weight is 250 g/mol. The number of methoxy groups -OCH3 is 1. The molecule has 0 amide bonds. The zero-order chi connectivity index (χ0) is 12.6. The van der Waals surface area contributed by atoms with E-state index in [0.29, 0.717) is 11.5 Å². The van der Waals surface area contributed by atoms with E-state index in [4.69, 9.17) is 13.6 Å². The molecule has 0 atom stereocenters. The van der Waals surface area contributed by atoms with Crippen LogP contribution in [0.15, 0.2) is 33.4 Å². The molecule has 5 heteroatoms. The molecule has 0 saturated heterocycles. The van der Waals surface area contributed by atoms with Crippen molar-refractivity contribution in [3.8, 4) is 11.5 Å². The van der Waals surface area contributed by atoms with Gasteiger partial charge < -0.3 is 18.9 Å². The number of hydrogen-bond acceptors (Lipinski definition) is 5. The van der Waals surface area contributed by atoms with Gasteiger partial charge in [0.1, 0.15) is 0 Å². The van der Waals surface area contributed by atoms with Crippen LogP contribution >= 0.6 is 0 Å². The quantitative estimate of drug-likeness (QED) is 0.727. The Labute approximate surface area is 106 Å². The van der Waals surface area contributed by atoms with Crippen molar-refractivity contribution < 1.29 is 13.6 Å². The van der Waals surface area contributed by atoms with E-state index in [-0.39, 0.29) is 0 Å². The maximum absolute atomic E-state index is 5.60. The van der Waals surface area contributed by atoms with E-state index >= 15 is 0 Å². The first-order chi connectivity index (χ1) is 8.90. The van der Waals surface area contributed by atoms with E-state index < -0.39 is 0 Å². The fourth-order valence-electron chi connectivity index (χ4n) is 1.62. The number of aryl methyl sites for hydroxylation is 1. The summed E-state index contributed by atoms with van der Waals surface area (Å²) < 4.78 is 15.8. The molecular weight excluding hydrogens is 232 g/mol. The van der Waals surface area contributed by atoms with Crippen LogP contribution in [0.5, 0.6) is 0 Å². The molecule has 1 N–H and O–H groups in total. The Hall–Kier alpha value is -1.59. The first-order valence-corrected chi connectivity index (χ1v) is 6.08. The van der Waals surface area contributed by atoms with E-state index in [2.05, 4.69) is 10.3 Å². The average Bonchev–Trinajstić information content (AvgIpc) is 3.03. The van der Waals surface area contributed by atoms with Crippen LogP contribution in [-0.4, -0.2) is 31.8 Å². The molecule has 18 heavy (non-hydrogen) atoms. The minimum absolute atomic E-state index is 0.683. The third kappa shape index (κ3) is 3.72. The molecule has 0 aliphatic carbocycles. The predicted molar refractivity (Wildman–Crippen MR) is 67.3 cm³/mol. The van der Waals surface area contributed by atoms with E-state index in [9.17, 15) is 0 Å². The van der Waals surface area contributed by atoms with Gasteiger partial charge in [0.15, 0.2) is 17.4 Å². The lowest BCUT2D eigenvalue weighted by Crippen LogP contribution is -2.20. The Bertz CT molecular complexity index is 437. The molecule has 2 heterocycles. The zero-order valence-corrected chi connectivity index (χ0v) is 10.5. The van der Waals surface area contributed by atoms with Crippen molar-refractivity contribution in [3.63, 3.8) is 0 Å². The molecule has 2 aromatic rings. The number of rotatable bonds is 8. The maximum Gasteiger partial charge on any atom is 0.195 e. The van der Waals surface area contributed by atoms with Crippen molar-refractivity contribution in [1.82, 2.24) is 10.3 Å². The van der Waals surface area contributed by atoms with Crippen molar-refractivity contribution in [2.24, 2.45) is 0 Å². The van der Waals surface area contributed by atoms with Gasteiger partial charge in [-0.3, -0.25) is 0 Å². The summed E-state index contributed by atoms with van der Waals surface area (Å²) in [4.78, 5) is 4.23. The number of oxazole rings is 1. The number of furan rings is 1. The molecule has 0 aromatic carbocycles. The molecule has 0 saturated carbocycles. The molecule has 5 nitrogen and oxygen atoms in total. The summed E-state index contributed by atoms with van der Waals surface area (Å²) in [6.07, 6.45) is 5.13. The van der Waals surface area contributed by atoms with E-state index in [0.717, 1.165) is 38.4 Å². The van der Waals surface area contributed by atoms with Crippen LogP contribution in [0.2, 0.25) is 0 Å². The van der Waals surface area contributed by atoms with Crippen LogP contribution in [0, 0.1) is 0 Å². The van der Waals surface area contributed by atoms with Gasteiger partial charge in [-0.1, -0.05) is 0 Å². The molecule has 0 aliphatic heterocycles. The summed E-state index contributed by atoms with van der Waals surface area (Å²) in [7, 11) is 1.70. The second-order valence-corrected chi connectivity index (χ2v) is 3.94. The van der Waals surface area contributed by atoms with Crippen LogP contribution in [0.3, 0.4) is 0 Å². The largest absolute Gasteiger partial charge is 0.461 e. The van der Waals surface area contributed by atoms with Crippen LogP contribution in [0.25, 0.3) is 11.5 Å². The van der Waals surface area contributed by atoms with Gasteiger partial charge in [0.2, 0.25) is 0 Å². The third-order valence-electron chi connectivity index (χ3n) is 2.54. The van der Waals surface area contributed by atoms with E-state index in [1.54, 1.807) is 19.6 Å². The maximum atomic E-state index is 5.60. The Balaban J connectivity index is 1.71. The Morgan fingerprint density at radius 1 is 1.33 bits per heavy atom. The zero-order valence-electron chi connectivity index (χ0n) is 10.5. The summed E-state index contributed by atoms with van der Waals surface area (Å²) in [5.41, 5.74) is 0. The van der Waals surface area contributed by atoms with Crippen molar-refractivity contribution in [2.75, 3.05) is 26.8 Å². The van der Waals surface area contributed by atoms with Gasteiger partial charge in [-0.15, -0.1) is 0 Å². The molecule has 2 aromatic heterocycles. The number of ether oxygens (including phenoxy) is 1. The van der Waals surface area contributed by atoms with Gasteiger partial charge >= 0.3 is 0 Å². The smallest absolute Gasteiger partial charge is 0.195 e. The highest BCUT2D eigenvalue weighted by Gasteiger charge is 2.07. The number of aromatic nitrogens is 1. The standard InChI is InChI=1S/C13H18N2O3/c1-16-9-7-14-6-2-5-13-15-10-12(18-13)11-4-3-8-17-11/h3-4,8,10,14H,2,5-7,9H2,1H3. The van der Waals surface area contributed by atoms with Gasteiger partial charge in [0.05, 0.1) is 19.1 Å². The van der Waals surface area contributed by atoms with Crippen molar-refractivity contribution in [3.05, 3.63) is 30.5 Å². The number of nitrogens with zero attached hydrogens (tertiary/aromatic N) is 1. The minimum atomic E-state index is 0.683. The van der Waals surface area contributed by atoms with Crippen LogP contribution in [0.1, 0.15) is 12.3 Å². The van der Waals surface area contributed by atoms with Gasteiger partial charge in [0, 0.05) is 20.1 Å². The first kappa shape index (κ1) is 12.9. The van der Waals surface area contributed by atoms with Crippen LogP contribution in [0.4, 0.5) is 0 Å². The monoisotopic (exact) mass is 250 g/mol. The molecule has 0 spiro atoms. The topological polar surface area (TPSA) is 60.4 Å². The molecule has 0 radical (unpaired) electrons. The normalized spacial score (nSPS) is 10.9. The molecule has 0 fully saturated rings. The highest BCUT2D eigenvalue weighted by molar-refractivity contribution is 5.47. The van der Waals surface area contributed by atoms with Crippen molar-refractivity contribution in [2.45, 2.75) is 12.8 Å². The predicted octanol–water partition coefficient (Wildman–Crippen LogP) is 2.10. The second-order valence-electron chi connectivity index (χ2n) is 3.94. The lowest BCUT2D eigenvalue weighted by Gasteiger charge is -2.01. The summed E-state index contributed by atoms with van der Waals surface area (Å²) in [5, 5.41) is 3.28. The van der Waals surface area contributed by atoms with Crippen LogP contribution < -0.4 is 5.32 Å². The fraction of sp³-hybridized carbons (Fsp3) is 0.462. The highest BCUT2D eigenvalue weighted by Crippen LogP contribution is 2.20. The molecule has 2 rings (SSSR count). The molecule has 0 aliphatic rings. The van der Waals surface area contributed by atoms with Gasteiger partial charge in [0.25, 0.3) is 0 Å². The van der Waals surface area contributed by atoms with Gasteiger partial charge in [-0.2, -0.15) is 0 Å². The van der Waals surface area contributed by atoms with Crippen molar-refractivity contribution >= 4 is 0 Å². The number of hydrogen-bond donors (Lipinski definition) is 1. The summed E-state index contributed by atoms with van der Waals surface area (Å²) in [5.74, 6) is 2.14. The minimum Gasteiger partial charge on any atom is -0.461 e. The summed E-state index contributed by atoms with van der Waals surface area (Å²) in [6.45, 7) is 2.54. The van der Waals surface area contributed by atoms with Crippen LogP contribution in [-0.2, 0) is 11.2 Å². The molecular formula is C13H18N2O3. The fourth-order valence-corrected chi connectivity index (χ4v) is 1.62. The van der Waals surface area contributed by atoms with E-state index in [1.807, 2.05) is 12.1 Å². The lowest BCUT2D eigenvalue weighted by molar-refractivity contribution is 0.199. The SMILES string of the molecule is COCCNCCCc1ncc(-c2ccco2)o1. The van der Waals surface area contributed by atoms with Gasteiger partial charge in [-0.25, -0.2) is 4.98 Å². The Morgan fingerprint density at radius 3 is 3.06 bits per heavy atom. The summed E-state index contributed by atoms with van der Waals surface area (Å²) >= 11 is 0. The number of nitrogens with one attached hydrogen (secondary N) is 1. The van der Waals surface area contributed by atoms with Crippen molar-refractivity contribution in [1.29, 1.82) is 0 Å². The second kappa shape index (κ2) is 6.98. The lowest BCUT2D eigenvalue weighted by atomic mass is 10.3. The highest BCUT2D eigenvalue weighted by atomic mass is 16.5. The molecule has 0 unspecified atom stereocenters. The Kier molecular flexibility index (Phi) is 4.99. The molecule has 0 bridgehead atoms. The Morgan fingerprint density at radius 2 is 2.28 bits per heavy atom. The third-order valence-corrected chi connectivity index (χ3v) is 2.54. The first-order valence-electron chi connectivity index (χ1n) is 6.08.